The Bertz CT molecular complexity index is 1030. The van der Waals surface area contributed by atoms with E-state index in [1.807, 2.05) is 6.92 Å². The number of imidazole rings is 1. The van der Waals surface area contributed by atoms with E-state index >= 15 is 0 Å². The minimum Gasteiger partial charge on any atom is -0.478 e. The van der Waals surface area contributed by atoms with E-state index in [9.17, 15) is 4.79 Å². The van der Waals surface area contributed by atoms with Crippen molar-refractivity contribution in [3.8, 4) is 5.88 Å². The van der Waals surface area contributed by atoms with E-state index in [2.05, 4.69) is 36.1 Å². The number of rotatable bonds is 2. The second kappa shape index (κ2) is 7.27. The maximum atomic E-state index is 12.7. The number of fused-ring (bicyclic) bond motifs is 3. The van der Waals surface area contributed by atoms with Crippen LogP contribution in [0.25, 0.3) is 11.2 Å². The van der Waals surface area contributed by atoms with Crippen LogP contribution in [0.2, 0.25) is 0 Å². The normalized spacial score (nSPS) is 17.0. The molecule has 4 heterocycles. The van der Waals surface area contributed by atoms with Crippen molar-refractivity contribution in [2.75, 3.05) is 31.4 Å². The van der Waals surface area contributed by atoms with E-state index < -0.39 is 0 Å². The van der Waals surface area contributed by atoms with Crippen molar-refractivity contribution in [1.29, 1.82) is 0 Å². The van der Waals surface area contributed by atoms with Crippen LogP contribution in [0.15, 0.2) is 18.5 Å². The van der Waals surface area contributed by atoms with Gasteiger partial charge in [-0.05, 0) is 13.0 Å². The number of nitrogens with one attached hydrogen (secondary N) is 3. The number of nitrogens with zero attached hydrogens (tertiary/aromatic N) is 5. The Morgan fingerprint density at radius 2 is 2.21 bits per heavy atom. The van der Waals surface area contributed by atoms with Gasteiger partial charge in [-0.25, -0.2) is 19.3 Å². The smallest absolute Gasteiger partial charge is 0.328 e. The molecule has 1 atom stereocenters. The fourth-order valence-corrected chi connectivity index (χ4v) is 2.93. The summed E-state index contributed by atoms with van der Waals surface area (Å²) in [6, 6.07) is 3.03. The van der Waals surface area contributed by atoms with Gasteiger partial charge >= 0.3 is 6.03 Å². The van der Waals surface area contributed by atoms with Crippen LogP contribution in [0.3, 0.4) is 0 Å². The van der Waals surface area contributed by atoms with Gasteiger partial charge < -0.3 is 25.4 Å². The monoisotopic (exact) mass is 384 g/mol. The lowest BCUT2D eigenvalue weighted by Gasteiger charge is -2.16. The van der Waals surface area contributed by atoms with Crippen molar-refractivity contribution in [1.82, 2.24) is 30.0 Å². The highest BCUT2D eigenvalue weighted by Crippen LogP contribution is 2.29. The highest BCUT2D eigenvalue weighted by atomic mass is 16.5. The molecule has 4 rings (SSSR count). The maximum absolute atomic E-state index is 12.7. The largest absolute Gasteiger partial charge is 0.478 e. The van der Waals surface area contributed by atoms with Gasteiger partial charge in [0.05, 0.1) is 37.7 Å². The molecule has 11 nitrogen and oxygen atoms in total. The molecular formula is C17H20N8O3. The topological polar surface area (TPSA) is 128 Å². The number of hydrogen-bond acceptors (Lipinski definition) is 9. The number of aromatic nitrogens is 5. The first-order valence-electron chi connectivity index (χ1n) is 8.71. The van der Waals surface area contributed by atoms with E-state index in [1.54, 1.807) is 19.2 Å². The molecule has 3 aromatic rings. The molecule has 4 bridgehead atoms. The molecule has 0 saturated heterocycles. The second-order valence-electron chi connectivity index (χ2n) is 6.34. The molecule has 146 valence electrons. The van der Waals surface area contributed by atoms with Crippen molar-refractivity contribution in [3.05, 3.63) is 24.2 Å². The molecule has 0 unspecified atom stereocenters. The van der Waals surface area contributed by atoms with Gasteiger partial charge in [0.2, 0.25) is 0 Å². The lowest BCUT2D eigenvalue weighted by molar-refractivity contribution is 0.101. The lowest BCUT2D eigenvalue weighted by atomic mass is 10.3. The predicted molar refractivity (Wildman–Crippen MR) is 102 cm³/mol. The fraction of sp³-hybridized carbons (Fsp3) is 0.353. The van der Waals surface area contributed by atoms with Gasteiger partial charge in [-0.15, -0.1) is 10.2 Å². The summed E-state index contributed by atoms with van der Waals surface area (Å²) in [5.74, 6) is 0.818. The van der Waals surface area contributed by atoms with Crippen molar-refractivity contribution in [3.63, 3.8) is 0 Å². The SMILES string of the molecule is CNc1cc2nc3c1ncn3C(=O)N[C@H](C)COCc1cc(c(OC)nn1)N2. The standard InChI is InChI=1S/C17H20N8O3/c1-9-6-28-7-10-4-12(16(27-3)24-23-10)21-13-5-11(18-2)14-15(22-13)25(8-19-14)17(26)20-9/h4-5,8-9H,6-7H2,1-3H3,(H,20,26)(H2,18,21,22)/t9-/m1/s1. The van der Waals surface area contributed by atoms with Crippen molar-refractivity contribution in [2.24, 2.45) is 0 Å². The number of pyridine rings is 1. The molecule has 1 amide bonds. The third kappa shape index (κ3) is 3.27. The molecule has 11 heteroatoms. The molecule has 28 heavy (non-hydrogen) atoms. The van der Waals surface area contributed by atoms with Gasteiger partial charge in [-0.3, -0.25) is 0 Å². The van der Waals surface area contributed by atoms with Crippen LogP contribution in [0.4, 0.5) is 22.0 Å². The van der Waals surface area contributed by atoms with E-state index in [0.717, 1.165) is 5.69 Å². The Labute approximate surface area is 160 Å². The summed E-state index contributed by atoms with van der Waals surface area (Å²) in [6.07, 6.45) is 1.45. The Morgan fingerprint density at radius 3 is 3.00 bits per heavy atom. The van der Waals surface area contributed by atoms with Crippen LogP contribution in [-0.2, 0) is 11.3 Å². The molecule has 0 aliphatic carbocycles. The Kier molecular flexibility index (Phi) is 4.65. The Balaban J connectivity index is 1.88. The molecule has 0 fully saturated rings. The van der Waals surface area contributed by atoms with Crippen molar-refractivity contribution in [2.45, 2.75) is 19.6 Å². The summed E-state index contributed by atoms with van der Waals surface area (Å²) in [4.78, 5) is 21.6. The third-order valence-corrected chi connectivity index (χ3v) is 4.25. The van der Waals surface area contributed by atoms with E-state index in [0.29, 0.717) is 40.8 Å². The summed E-state index contributed by atoms with van der Waals surface area (Å²) in [6.45, 7) is 2.42. The van der Waals surface area contributed by atoms with Crippen molar-refractivity contribution < 1.29 is 14.3 Å². The van der Waals surface area contributed by atoms with Crippen LogP contribution in [0, 0.1) is 0 Å². The first kappa shape index (κ1) is 17.9. The number of carbonyl (C=O) groups is 1. The minimum atomic E-state index is -0.335. The summed E-state index contributed by atoms with van der Waals surface area (Å²) < 4.78 is 12.3. The number of anilines is 3. The number of ether oxygens (including phenoxy) is 2. The summed E-state index contributed by atoms with van der Waals surface area (Å²) in [7, 11) is 3.29. The number of hydrogen-bond donors (Lipinski definition) is 3. The zero-order valence-electron chi connectivity index (χ0n) is 15.7. The van der Waals surface area contributed by atoms with Crippen molar-refractivity contribution >= 4 is 34.4 Å². The highest BCUT2D eigenvalue weighted by molar-refractivity contribution is 5.94. The molecule has 1 aliphatic rings. The van der Waals surface area contributed by atoms with Crippen LogP contribution < -0.4 is 20.7 Å². The number of amides is 1. The predicted octanol–water partition coefficient (Wildman–Crippen LogP) is 1.49. The lowest BCUT2D eigenvalue weighted by Crippen LogP contribution is -2.38. The molecular weight excluding hydrogens is 364 g/mol. The summed E-state index contributed by atoms with van der Waals surface area (Å²) in [5.41, 5.74) is 2.94. The third-order valence-electron chi connectivity index (χ3n) is 4.25. The fourth-order valence-electron chi connectivity index (χ4n) is 2.93. The summed E-state index contributed by atoms with van der Waals surface area (Å²) in [5, 5.41) is 17.3. The van der Waals surface area contributed by atoms with Gasteiger partial charge in [0.25, 0.3) is 5.88 Å². The first-order valence-corrected chi connectivity index (χ1v) is 8.71. The number of carbonyl (C=O) groups excluding carboxylic acids is 1. The van der Waals surface area contributed by atoms with E-state index in [4.69, 9.17) is 9.47 Å². The van der Waals surface area contributed by atoms with Gasteiger partial charge in [0.15, 0.2) is 5.65 Å². The molecule has 0 aromatic carbocycles. The van der Waals surface area contributed by atoms with Crippen LogP contribution in [0.5, 0.6) is 5.88 Å². The van der Waals surface area contributed by atoms with E-state index in [-0.39, 0.29) is 18.7 Å². The zero-order chi connectivity index (χ0) is 19.7. The average molecular weight is 384 g/mol. The van der Waals surface area contributed by atoms with Gasteiger partial charge in [-0.1, -0.05) is 0 Å². The molecule has 0 radical (unpaired) electrons. The molecule has 3 N–H and O–H groups in total. The highest BCUT2D eigenvalue weighted by Gasteiger charge is 2.19. The van der Waals surface area contributed by atoms with Crippen LogP contribution in [-0.4, -0.2) is 57.6 Å². The Hall–Kier alpha value is -3.47. The van der Waals surface area contributed by atoms with Crippen LogP contribution in [0.1, 0.15) is 12.6 Å². The molecule has 3 aromatic heterocycles. The van der Waals surface area contributed by atoms with Crippen LogP contribution >= 0.6 is 0 Å². The Morgan fingerprint density at radius 1 is 1.36 bits per heavy atom. The van der Waals surface area contributed by atoms with Gasteiger partial charge in [0, 0.05) is 13.1 Å². The summed E-state index contributed by atoms with van der Waals surface area (Å²) >= 11 is 0. The van der Waals surface area contributed by atoms with E-state index in [1.165, 1.54) is 18.0 Å². The minimum absolute atomic E-state index is 0.219. The number of methoxy groups -OCH3 is 1. The molecule has 0 saturated carbocycles. The van der Waals surface area contributed by atoms with Gasteiger partial charge in [-0.2, -0.15) is 0 Å². The quantitative estimate of drug-likeness (QED) is 0.602. The second-order valence-corrected chi connectivity index (χ2v) is 6.34. The average Bonchev–Trinajstić information content (AvgIpc) is 3.11. The first-order chi connectivity index (χ1) is 13.6. The van der Waals surface area contributed by atoms with Gasteiger partial charge in [0.1, 0.15) is 23.3 Å². The molecule has 1 aliphatic heterocycles. The molecule has 0 spiro atoms. The maximum Gasteiger partial charge on any atom is 0.328 e. The zero-order valence-corrected chi connectivity index (χ0v) is 15.7.